The Hall–Kier alpha value is -3.12. The van der Waals surface area contributed by atoms with Gasteiger partial charge in [0.1, 0.15) is 12.3 Å². The van der Waals surface area contributed by atoms with Crippen LogP contribution in [0.4, 0.5) is 0 Å². The van der Waals surface area contributed by atoms with Crippen molar-refractivity contribution in [1.29, 1.82) is 0 Å². The highest BCUT2D eigenvalue weighted by molar-refractivity contribution is 6.15. The van der Waals surface area contributed by atoms with E-state index < -0.39 is 5.97 Å². The van der Waals surface area contributed by atoms with Crippen molar-refractivity contribution >= 4 is 17.8 Å². The average molecular weight is 408 g/mol. The molecule has 1 fully saturated rings. The fraction of sp³-hybridized carbons (Fsp3) is 0.333. The number of esters is 1. The molecule has 2 aromatic carbocycles. The molecule has 0 aromatic heterocycles. The number of fused-ring (bicyclic) bond motifs is 1. The summed E-state index contributed by atoms with van der Waals surface area (Å²) >= 11 is 0. The van der Waals surface area contributed by atoms with Crippen LogP contribution in [0.2, 0.25) is 0 Å². The molecule has 2 heterocycles. The number of carbonyl (C=O) groups excluding carboxylic acids is 2. The smallest absolute Gasteiger partial charge is 0.337 e. The second kappa shape index (κ2) is 8.32. The highest BCUT2D eigenvalue weighted by Crippen LogP contribution is 2.39. The number of Topliss-reactive ketones (excluding diaryl/α,β-unsaturated/α-hetero) is 1. The standard InChI is InChI=1S/C24H25NO5/c1-15-5-3-4-12-25(15)14-19-20(26)11-10-18-22(27)21(30-23(18)19)13-16-6-8-17(9-7-16)24(28)29-2/h6-11,13,15,26H,3-5,12,14H2,1-2H3/p+1/b21-13-/t15-/m0/s1. The molecule has 6 heteroatoms. The lowest BCUT2D eigenvalue weighted by Crippen LogP contribution is -3.14. The first kappa shape index (κ1) is 20.2. The minimum atomic E-state index is -0.413. The molecule has 156 valence electrons. The zero-order valence-corrected chi connectivity index (χ0v) is 17.2. The fourth-order valence-corrected chi connectivity index (χ4v) is 4.20. The molecule has 30 heavy (non-hydrogen) atoms. The number of rotatable bonds is 4. The lowest BCUT2D eigenvalue weighted by atomic mass is 10.0. The minimum Gasteiger partial charge on any atom is -0.507 e. The zero-order chi connectivity index (χ0) is 21.3. The van der Waals surface area contributed by atoms with Crippen LogP contribution in [0.3, 0.4) is 0 Å². The van der Waals surface area contributed by atoms with Gasteiger partial charge in [0.25, 0.3) is 0 Å². The van der Waals surface area contributed by atoms with Gasteiger partial charge in [0, 0.05) is 0 Å². The number of ether oxygens (including phenoxy) is 2. The van der Waals surface area contributed by atoms with Crippen LogP contribution < -0.4 is 9.64 Å². The van der Waals surface area contributed by atoms with Crippen LogP contribution in [0.1, 0.15) is 58.0 Å². The molecule has 2 N–H and O–H groups in total. The first-order chi connectivity index (χ1) is 14.5. The van der Waals surface area contributed by atoms with Gasteiger partial charge in [-0.3, -0.25) is 4.79 Å². The fourth-order valence-electron chi connectivity index (χ4n) is 4.20. The maximum Gasteiger partial charge on any atom is 0.337 e. The van der Waals surface area contributed by atoms with Crippen molar-refractivity contribution in [2.45, 2.75) is 38.8 Å². The molecule has 4 rings (SSSR count). The molecule has 2 aromatic rings. The maximum atomic E-state index is 12.9. The van der Waals surface area contributed by atoms with Crippen molar-refractivity contribution in [3.05, 3.63) is 64.4 Å². The molecule has 0 aliphatic carbocycles. The monoisotopic (exact) mass is 408 g/mol. The van der Waals surface area contributed by atoms with Crippen molar-refractivity contribution in [3.63, 3.8) is 0 Å². The number of hydrogen-bond donors (Lipinski definition) is 2. The van der Waals surface area contributed by atoms with E-state index >= 15 is 0 Å². The molecule has 0 amide bonds. The Morgan fingerprint density at radius 1 is 1.23 bits per heavy atom. The largest absolute Gasteiger partial charge is 0.507 e. The van der Waals surface area contributed by atoms with Gasteiger partial charge in [-0.2, -0.15) is 0 Å². The Bertz CT molecular complexity index is 1010. The average Bonchev–Trinajstić information content (AvgIpc) is 3.07. The number of phenolic OH excluding ortho intramolecular Hbond substituents is 1. The van der Waals surface area contributed by atoms with Crippen molar-refractivity contribution in [2.24, 2.45) is 0 Å². The van der Waals surface area contributed by atoms with E-state index in [1.165, 1.54) is 24.9 Å². The summed E-state index contributed by atoms with van der Waals surface area (Å²) in [5.74, 6) is 0.219. The lowest BCUT2D eigenvalue weighted by molar-refractivity contribution is -0.941. The highest BCUT2D eigenvalue weighted by atomic mass is 16.5. The molecule has 2 aliphatic rings. The van der Waals surface area contributed by atoms with Gasteiger partial charge in [-0.25, -0.2) is 4.79 Å². The lowest BCUT2D eigenvalue weighted by Gasteiger charge is -2.30. The van der Waals surface area contributed by atoms with Gasteiger partial charge in [-0.05, 0) is 62.1 Å². The minimum absolute atomic E-state index is 0.163. The van der Waals surface area contributed by atoms with Crippen LogP contribution in [0.15, 0.2) is 42.2 Å². The number of hydrogen-bond acceptors (Lipinski definition) is 5. The first-order valence-electron chi connectivity index (χ1n) is 10.3. The third kappa shape index (κ3) is 3.83. The summed E-state index contributed by atoms with van der Waals surface area (Å²) < 4.78 is 10.7. The molecule has 0 bridgehead atoms. The number of ketones is 1. The quantitative estimate of drug-likeness (QED) is 0.601. The number of quaternary nitrogens is 1. The Morgan fingerprint density at radius 3 is 2.70 bits per heavy atom. The number of benzene rings is 2. The summed E-state index contributed by atoms with van der Waals surface area (Å²) in [7, 11) is 1.33. The van der Waals surface area contributed by atoms with Crippen molar-refractivity contribution in [2.75, 3.05) is 13.7 Å². The number of allylic oxidation sites excluding steroid dienone is 1. The normalized spacial score (nSPS) is 21.9. The Balaban J connectivity index is 1.61. The summed E-state index contributed by atoms with van der Waals surface area (Å²) in [5.41, 5.74) is 2.34. The second-order valence-corrected chi connectivity index (χ2v) is 7.98. The third-order valence-electron chi connectivity index (χ3n) is 6.03. The van der Waals surface area contributed by atoms with Gasteiger partial charge in [0.15, 0.2) is 11.5 Å². The SMILES string of the molecule is COC(=O)c1ccc(/C=C2\Oc3c(ccc(O)c3C[NH+]3CCCC[C@@H]3C)C2=O)cc1. The van der Waals surface area contributed by atoms with Crippen molar-refractivity contribution in [3.8, 4) is 11.5 Å². The van der Waals surface area contributed by atoms with Gasteiger partial charge >= 0.3 is 5.97 Å². The molecular formula is C24H26NO5+. The van der Waals surface area contributed by atoms with E-state index in [0.29, 0.717) is 35.0 Å². The summed E-state index contributed by atoms with van der Waals surface area (Å²) in [6.07, 6.45) is 5.22. The van der Waals surface area contributed by atoms with Crippen LogP contribution in [0.5, 0.6) is 11.5 Å². The van der Waals surface area contributed by atoms with Crippen LogP contribution in [0, 0.1) is 0 Å². The van der Waals surface area contributed by atoms with Crippen molar-refractivity contribution in [1.82, 2.24) is 0 Å². The van der Waals surface area contributed by atoms with Crippen LogP contribution in [-0.2, 0) is 11.3 Å². The number of aromatic hydroxyl groups is 1. The molecule has 0 radical (unpaired) electrons. The van der Waals surface area contributed by atoms with Gasteiger partial charge in [-0.15, -0.1) is 0 Å². The molecular weight excluding hydrogens is 382 g/mol. The predicted molar refractivity (Wildman–Crippen MR) is 112 cm³/mol. The highest BCUT2D eigenvalue weighted by Gasteiger charge is 2.33. The van der Waals surface area contributed by atoms with E-state index in [-0.39, 0.29) is 17.3 Å². The van der Waals surface area contributed by atoms with Crippen molar-refractivity contribution < 1.29 is 29.1 Å². The molecule has 0 spiro atoms. The number of carbonyl (C=O) groups is 2. The maximum absolute atomic E-state index is 12.9. The topological polar surface area (TPSA) is 77.3 Å². The Morgan fingerprint density at radius 2 is 2.00 bits per heavy atom. The second-order valence-electron chi connectivity index (χ2n) is 7.98. The molecule has 6 nitrogen and oxygen atoms in total. The van der Waals surface area contributed by atoms with Crippen LogP contribution in [0.25, 0.3) is 6.08 Å². The predicted octanol–water partition coefficient (Wildman–Crippen LogP) is 2.75. The van der Waals surface area contributed by atoms with Gasteiger partial charge in [-0.1, -0.05) is 12.1 Å². The number of likely N-dealkylation sites (tertiary alicyclic amines) is 1. The molecule has 2 aliphatic heterocycles. The number of methoxy groups -OCH3 is 1. The Labute approximate surface area is 175 Å². The first-order valence-corrected chi connectivity index (χ1v) is 10.3. The summed E-state index contributed by atoms with van der Waals surface area (Å²) in [6.45, 7) is 3.90. The van der Waals surface area contributed by atoms with E-state index in [1.54, 1.807) is 42.5 Å². The van der Waals surface area contributed by atoms with E-state index in [2.05, 4.69) is 6.92 Å². The number of phenols is 1. The summed E-state index contributed by atoms with van der Waals surface area (Å²) in [6, 6.07) is 10.5. The summed E-state index contributed by atoms with van der Waals surface area (Å²) in [4.78, 5) is 25.9. The van der Waals surface area contributed by atoms with Gasteiger partial charge in [0.2, 0.25) is 5.78 Å². The van der Waals surface area contributed by atoms with Crippen LogP contribution in [-0.4, -0.2) is 36.6 Å². The van der Waals surface area contributed by atoms with E-state index in [4.69, 9.17) is 9.47 Å². The molecule has 2 atom stereocenters. The van der Waals surface area contributed by atoms with Crippen LogP contribution >= 0.6 is 0 Å². The van der Waals surface area contributed by atoms with E-state index in [9.17, 15) is 14.7 Å². The number of piperidine rings is 1. The van der Waals surface area contributed by atoms with Gasteiger partial charge in [0.05, 0.1) is 36.4 Å². The summed E-state index contributed by atoms with van der Waals surface area (Å²) in [5, 5.41) is 10.5. The zero-order valence-electron chi connectivity index (χ0n) is 17.2. The van der Waals surface area contributed by atoms with E-state index in [0.717, 1.165) is 18.5 Å². The third-order valence-corrected chi connectivity index (χ3v) is 6.03. The number of nitrogens with one attached hydrogen (secondary N) is 1. The molecule has 0 saturated carbocycles. The molecule has 1 saturated heterocycles. The Kier molecular flexibility index (Phi) is 5.59. The molecule has 1 unspecified atom stereocenters. The van der Waals surface area contributed by atoms with E-state index in [1.807, 2.05) is 0 Å². The van der Waals surface area contributed by atoms with Gasteiger partial charge < -0.3 is 19.5 Å².